The van der Waals surface area contributed by atoms with Gasteiger partial charge in [0.25, 0.3) is 10.1 Å². The molecule has 0 spiro atoms. The Morgan fingerprint density at radius 3 is 1.07 bits per heavy atom. The summed E-state index contributed by atoms with van der Waals surface area (Å²) in [5, 5.41) is 25.6. The Balaban J connectivity index is 0.000000190. The third-order valence-corrected chi connectivity index (χ3v) is 13.7. The highest BCUT2D eigenvalue weighted by Crippen LogP contribution is 2.31. The van der Waals surface area contributed by atoms with Crippen LogP contribution in [0.25, 0.3) is 32.5 Å². The zero-order chi connectivity index (χ0) is 60.2. The van der Waals surface area contributed by atoms with E-state index in [0.717, 1.165) is 59.9 Å². The topological polar surface area (TPSA) is 259 Å². The van der Waals surface area contributed by atoms with Crippen LogP contribution in [0.5, 0.6) is 0 Å². The second-order valence-corrected chi connectivity index (χ2v) is 24.5. The van der Waals surface area contributed by atoms with Crippen molar-refractivity contribution in [1.82, 2.24) is 44.9 Å². The average Bonchev–Trinajstić information content (AvgIpc) is 4.26. The van der Waals surface area contributed by atoms with Crippen LogP contribution in [0.15, 0.2) is 88.9 Å². The summed E-state index contributed by atoms with van der Waals surface area (Å²) in [5.41, 5.74) is 3.94. The monoisotopic (exact) mass is 1250 g/mol. The molecular weight excluding hydrogens is 1200 g/mol. The lowest BCUT2D eigenvalue weighted by atomic mass is 10.2. The van der Waals surface area contributed by atoms with Crippen molar-refractivity contribution in [2.24, 2.45) is 0 Å². The SMILES string of the molecule is COC(C)c1cc(Nc2ccc(F)cc2F)nc(-c2nc(C)cs2)n1.CS(=O)(=O)Cl.Cc1csc(-c2nc(Nc3ccc(F)cc3F)cc(C(C)O)n2)n1.Cc1csc(-c2nc(Nc3ccc(F)cc3F)cc(C(C)OS(C)(=O)=O)n2)n1. The van der Waals surface area contributed by atoms with Gasteiger partial charge in [-0.05, 0) is 77.9 Å². The van der Waals surface area contributed by atoms with E-state index in [4.69, 9.17) is 8.92 Å². The summed E-state index contributed by atoms with van der Waals surface area (Å²) in [7, 11) is -0.840. The maximum absolute atomic E-state index is 14.0. The van der Waals surface area contributed by atoms with E-state index in [1.165, 1.54) is 77.3 Å². The van der Waals surface area contributed by atoms with Crippen LogP contribution in [-0.4, -0.2) is 86.4 Å². The van der Waals surface area contributed by atoms with E-state index in [9.17, 15) is 48.3 Å². The number of aromatic nitrogens is 9. The number of rotatable bonds is 15. The van der Waals surface area contributed by atoms with Crippen LogP contribution >= 0.6 is 44.7 Å². The molecule has 0 aliphatic carbocycles. The Hall–Kier alpha value is -7.16. The van der Waals surface area contributed by atoms with Crippen molar-refractivity contribution >= 4 is 98.4 Å². The second-order valence-electron chi connectivity index (χ2n) is 17.3. The van der Waals surface area contributed by atoms with Crippen molar-refractivity contribution in [3.63, 3.8) is 0 Å². The van der Waals surface area contributed by atoms with Gasteiger partial charge >= 0.3 is 0 Å². The fourth-order valence-corrected chi connectivity index (χ4v) is 9.30. The minimum Gasteiger partial charge on any atom is -0.387 e. The number of nitrogens with zero attached hydrogens (tertiary/aromatic N) is 9. The molecule has 9 rings (SSSR count). The molecule has 434 valence electrons. The van der Waals surface area contributed by atoms with Crippen molar-refractivity contribution in [3.05, 3.63) is 158 Å². The number of hydrogen-bond acceptors (Lipinski definition) is 22. The van der Waals surface area contributed by atoms with Gasteiger partial charge in [0.2, 0.25) is 9.05 Å². The number of methoxy groups -OCH3 is 1. The van der Waals surface area contributed by atoms with Crippen LogP contribution in [0.3, 0.4) is 0 Å². The van der Waals surface area contributed by atoms with Crippen LogP contribution in [0.2, 0.25) is 0 Å². The first-order valence-electron chi connectivity index (χ1n) is 23.6. The highest BCUT2D eigenvalue weighted by atomic mass is 35.7. The van der Waals surface area contributed by atoms with Gasteiger partial charge in [0.1, 0.15) is 58.5 Å². The number of aryl methyl sites for hydroxylation is 3. The van der Waals surface area contributed by atoms with Gasteiger partial charge in [-0.2, -0.15) is 8.42 Å². The Kier molecular flexibility index (Phi) is 22.0. The number of halogens is 7. The van der Waals surface area contributed by atoms with Gasteiger partial charge < -0.3 is 25.8 Å². The van der Waals surface area contributed by atoms with Crippen molar-refractivity contribution in [2.75, 3.05) is 35.6 Å². The summed E-state index contributed by atoms with van der Waals surface area (Å²) in [5.74, 6) is -2.43. The average molecular weight is 1250 g/mol. The molecule has 0 saturated carbocycles. The maximum atomic E-state index is 14.0. The quantitative estimate of drug-likeness (QED) is 0.0422. The molecule has 6 heterocycles. The standard InChI is InChI=1S/C17H16F2N4O3S2.C17H16F2N4OS.C16H14F2N4OS.CH3ClO2S/c1-9-8-27-17(20-9)16-22-14(10(2)26-28(3,24)25)7-15(23-16)21-13-5-4-11(18)6-12(13)19;1-9-8-25-17(20-9)16-22-14(10(2)24-3)7-15(23-16)21-13-5-4-11(18)6-12(13)19;1-8-7-24-16(19-8)15-21-13(9(2)23)6-14(22-15)20-12-4-3-10(17)5-11(12)18;1-5(2,3)4/h4-8,10H,1-3H3,(H,21,22,23);4-8,10H,1-3H3,(H,21,22,23);3-7,9,23H,1-2H3,(H,20,21,22);1H3. The predicted octanol–water partition coefficient (Wildman–Crippen LogP) is 12.8. The summed E-state index contributed by atoms with van der Waals surface area (Å²) < 4.78 is 133. The molecule has 3 aromatic carbocycles. The van der Waals surface area contributed by atoms with E-state index >= 15 is 0 Å². The van der Waals surface area contributed by atoms with Crippen LogP contribution in [0.4, 0.5) is 60.9 Å². The number of anilines is 6. The van der Waals surface area contributed by atoms with E-state index in [1.54, 1.807) is 20.1 Å². The molecule has 0 aliphatic rings. The van der Waals surface area contributed by atoms with E-state index in [0.29, 0.717) is 43.9 Å². The molecule has 0 fully saturated rings. The molecule has 4 N–H and O–H groups in total. The lowest BCUT2D eigenvalue weighted by Crippen LogP contribution is -2.11. The van der Waals surface area contributed by atoms with Crippen LogP contribution in [0, 0.1) is 55.7 Å². The summed E-state index contributed by atoms with van der Waals surface area (Å²) in [4.78, 5) is 39.2. The van der Waals surface area contributed by atoms with Crippen molar-refractivity contribution < 1.29 is 57.2 Å². The maximum Gasteiger partial charge on any atom is 0.265 e. The van der Waals surface area contributed by atoms with Gasteiger partial charge in [0, 0.05) is 87.4 Å². The Bertz CT molecular complexity index is 3910. The predicted molar refractivity (Wildman–Crippen MR) is 304 cm³/mol. The van der Waals surface area contributed by atoms with E-state index < -0.39 is 66.3 Å². The first-order chi connectivity index (χ1) is 38.5. The lowest BCUT2D eigenvalue weighted by molar-refractivity contribution is 0.116. The fourth-order valence-electron chi connectivity index (χ4n) is 6.50. The molecular formula is C51H49ClF6N12O7S5. The van der Waals surface area contributed by atoms with E-state index in [1.807, 2.05) is 43.8 Å². The molecule has 0 amide bonds. The normalized spacial score (nSPS) is 12.4. The largest absolute Gasteiger partial charge is 0.387 e. The van der Waals surface area contributed by atoms with Crippen LogP contribution < -0.4 is 16.0 Å². The van der Waals surface area contributed by atoms with Crippen molar-refractivity contribution in [2.45, 2.75) is 59.9 Å². The van der Waals surface area contributed by atoms with Gasteiger partial charge in [-0.25, -0.2) is 79.6 Å². The number of nitrogens with one attached hydrogen (secondary N) is 3. The van der Waals surface area contributed by atoms with Crippen molar-refractivity contribution in [3.8, 4) is 32.5 Å². The molecule has 31 heteroatoms. The van der Waals surface area contributed by atoms with Crippen LogP contribution in [-0.2, 0) is 28.1 Å². The smallest absolute Gasteiger partial charge is 0.265 e. The van der Waals surface area contributed by atoms with Crippen molar-refractivity contribution in [1.29, 1.82) is 0 Å². The molecule has 0 radical (unpaired) electrons. The molecule has 3 unspecified atom stereocenters. The van der Waals surface area contributed by atoms with Gasteiger partial charge in [-0.15, -0.1) is 34.0 Å². The third kappa shape index (κ3) is 19.8. The molecule has 6 aromatic heterocycles. The first kappa shape index (κ1) is 64.0. The second kappa shape index (κ2) is 28.2. The zero-order valence-corrected chi connectivity index (χ0v) is 49.3. The zero-order valence-electron chi connectivity index (χ0n) is 44.5. The highest BCUT2D eigenvalue weighted by Gasteiger charge is 2.21. The third-order valence-electron chi connectivity index (χ3n) is 10.2. The van der Waals surface area contributed by atoms with Gasteiger partial charge in [0.05, 0.1) is 58.9 Å². The molecule has 0 bridgehead atoms. The minimum absolute atomic E-state index is 0.00371. The number of thiazole rings is 3. The van der Waals surface area contributed by atoms with E-state index in [-0.39, 0.29) is 46.3 Å². The lowest BCUT2D eigenvalue weighted by Gasteiger charge is -2.14. The van der Waals surface area contributed by atoms with Gasteiger partial charge in [-0.1, -0.05) is 0 Å². The number of benzene rings is 3. The summed E-state index contributed by atoms with van der Waals surface area (Å²) in [6.45, 7) is 10.5. The van der Waals surface area contributed by atoms with E-state index in [2.05, 4.69) is 71.5 Å². The molecule has 0 saturated heterocycles. The van der Waals surface area contributed by atoms with Gasteiger partial charge in [0.15, 0.2) is 32.5 Å². The number of hydrogen-bond donors (Lipinski definition) is 4. The first-order valence-corrected chi connectivity index (χ1v) is 30.8. The van der Waals surface area contributed by atoms with Crippen LogP contribution in [0.1, 0.15) is 73.2 Å². The molecule has 0 aliphatic heterocycles. The minimum atomic E-state index is -3.72. The molecule has 82 heavy (non-hydrogen) atoms. The number of aliphatic hydroxyl groups is 1. The number of aliphatic hydroxyl groups excluding tert-OH is 1. The Morgan fingerprint density at radius 2 is 0.805 bits per heavy atom. The molecule has 9 aromatic rings. The van der Waals surface area contributed by atoms with Gasteiger partial charge in [-0.3, -0.25) is 4.18 Å². The Labute approximate surface area is 483 Å². The fraction of sp³-hybridized carbons (Fsp3) is 0.235. The number of ether oxygens (including phenoxy) is 1. The summed E-state index contributed by atoms with van der Waals surface area (Å²) in [6, 6.07) is 14.2. The Morgan fingerprint density at radius 1 is 0.500 bits per heavy atom. The summed E-state index contributed by atoms with van der Waals surface area (Å²) >= 11 is 4.11. The highest BCUT2D eigenvalue weighted by molar-refractivity contribution is 8.13. The molecule has 3 atom stereocenters. The molecule has 19 nitrogen and oxygen atoms in total. The summed E-state index contributed by atoms with van der Waals surface area (Å²) in [6.07, 6.45) is -0.151.